The molecule has 0 unspecified atom stereocenters. The number of hydrogen-bond acceptors (Lipinski definition) is 4. The summed E-state index contributed by atoms with van der Waals surface area (Å²) in [5.74, 6) is 1.06. The fourth-order valence-corrected chi connectivity index (χ4v) is 6.26. The Bertz CT molecular complexity index is 1250. The first kappa shape index (κ1) is 28.4. The summed E-state index contributed by atoms with van der Waals surface area (Å²) in [5, 5.41) is 7.60. The molecule has 8 heteroatoms. The summed E-state index contributed by atoms with van der Waals surface area (Å²) in [6.07, 6.45) is 10.4. The van der Waals surface area contributed by atoms with Gasteiger partial charge in [-0.3, -0.25) is 9.59 Å². The smallest absolute Gasteiger partial charge is 0.223 e. The standard InChI is InChI=1S/C32H39N5O2.ClH/c38-30(21-25-7-8-25)34-29(27-5-2-1-3-6-27)13-18-35-19-14-32(15-20-35)22-31(39)36(24-32)23-26-9-11-28(12-10-26)37-17-4-16-33-37;/h1-6,9-12,16-17,25,29H,7-8,13-15,18-24H2,(H,34,38);1H/t29-;/m0./s1. The van der Waals surface area contributed by atoms with E-state index in [1.54, 1.807) is 6.20 Å². The lowest BCUT2D eigenvalue weighted by atomic mass is 9.77. The van der Waals surface area contributed by atoms with Crippen LogP contribution in [0.3, 0.4) is 0 Å². The van der Waals surface area contributed by atoms with Gasteiger partial charge in [0, 0.05) is 44.9 Å². The highest BCUT2D eigenvalue weighted by atomic mass is 35.5. The summed E-state index contributed by atoms with van der Waals surface area (Å²) in [7, 11) is 0. The molecule has 2 amide bonds. The van der Waals surface area contributed by atoms with Gasteiger partial charge in [0.1, 0.15) is 0 Å². The van der Waals surface area contributed by atoms with Gasteiger partial charge in [-0.1, -0.05) is 42.5 Å². The first-order chi connectivity index (χ1) is 19.1. The fourth-order valence-electron chi connectivity index (χ4n) is 6.26. The van der Waals surface area contributed by atoms with Crippen LogP contribution in [0.4, 0.5) is 0 Å². The minimum Gasteiger partial charge on any atom is -0.349 e. The van der Waals surface area contributed by atoms with E-state index >= 15 is 0 Å². The number of halogens is 1. The van der Waals surface area contributed by atoms with E-state index in [9.17, 15) is 9.59 Å². The number of benzene rings is 2. The van der Waals surface area contributed by atoms with Crippen LogP contribution in [0.5, 0.6) is 0 Å². The molecule has 1 aliphatic carbocycles. The number of nitrogens with zero attached hydrogens (tertiary/aromatic N) is 4. The molecule has 3 fully saturated rings. The zero-order chi connectivity index (χ0) is 26.7. The van der Waals surface area contributed by atoms with Crippen molar-refractivity contribution in [3.05, 3.63) is 84.2 Å². The van der Waals surface area contributed by atoms with Crippen molar-refractivity contribution < 1.29 is 9.59 Å². The van der Waals surface area contributed by atoms with E-state index in [-0.39, 0.29) is 35.7 Å². The van der Waals surface area contributed by atoms with Gasteiger partial charge < -0.3 is 15.1 Å². The predicted molar refractivity (Wildman–Crippen MR) is 158 cm³/mol. The van der Waals surface area contributed by atoms with Crippen LogP contribution in [0.25, 0.3) is 5.69 Å². The maximum absolute atomic E-state index is 13.0. The molecule has 2 aliphatic heterocycles. The molecule has 40 heavy (non-hydrogen) atoms. The molecule has 3 heterocycles. The van der Waals surface area contributed by atoms with Crippen LogP contribution in [0.15, 0.2) is 73.1 Å². The van der Waals surface area contributed by atoms with Gasteiger partial charge in [0.05, 0.1) is 11.7 Å². The zero-order valence-corrected chi connectivity index (χ0v) is 23.9. The number of rotatable bonds is 10. The normalized spacial score (nSPS) is 19.4. The van der Waals surface area contributed by atoms with Crippen molar-refractivity contribution in [1.29, 1.82) is 0 Å². The highest BCUT2D eigenvalue weighted by Crippen LogP contribution is 2.41. The van der Waals surface area contributed by atoms with Crippen LogP contribution >= 0.6 is 12.4 Å². The molecule has 7 nitrogen and oxygen atoms in total. The number of likely N-dealkylation sites (tertiary alicyclic amines) is 2. The lowest BCUT2D eigenvalue weighted by molar-refractivity contribution is -0.128. The maximum Gasteiger partial charge on any atom is 0.223 e. The zero-order valence-electron chi connectivity index (χ0n) is 23.1. The largest absolute Gasteiger partial charge is 0.349 e. The number of amides is 2. The van der Waals surface area contributed by atoms with Crippen LogP contribution < -0.4 is 5.32 Å². The third-order valence-electron chi connectivity index (χ3n) is 8.84. The summed E-state index contributed by atoms with van der Waals surface area (Å²) >= 11 is 0. The van der Waals surface area contributed by atoms with Gasteiger partial charge in [-0.15, -0.1) is 12.4 Å². The molecule has 2 aromatic carbocycles. The third kappa shape index (κ3) is 6.94. The van der Waals surface area contributed by atoms with Crippen LogP contribution in [-0.4, -0.2) is 57.6 Å². The van der Waals surface area contributed by atoms with Gasteiger partial charge in [0.15, 0.2) is 0 Å². The minimum absolute atomic E-state index is 0. The second kappa shape index (κ2) is 12.6. The van der Waals surface area contributed by atoms with Crippen molar-refractivity contribution >= 4 is 24.2 Å². The maximum atomic E-state index is 13.0. The van der Waals surface area contributed by atoms with E-state index < -0.39 is 0 Å². The molecule has 3 aromatic rings. The van der Waals surface area contributed by atoms with Gasteiger partial charge in [-0.25, -0.2) is 4.68 Å². The molecule has 1 saturated carbocycles. The Balaban J connectivity index is 0.00000323. The number of piperidine rings is 1. The SMILES string of the molecule is Cl.O=C(CC1CC1)N[C@@H](CCN1CCC2(CC1)CC(=O)N(Cc1ccc(-n3cccn3)cc1)C2)c1ccccc1. The van der Waals surface area contributed by atoms with E-state index in [0.717, 1.165) is 56.7 Å². The second-order valence-corrected chi connectivity index (χ2v) is 11.9. The number of carbonyl (C=O) groups excluding carboxylic acids is 2. The molecule has 3 aliphatic rings. The average molecular weight is 562 g/mol. The fraction of sp³-hybridized carbons (Fsp3) is 0.469. The van der Waals surface area contributed by atoms with Crippen LogP contribution in [0.2, 0.25) is 0 Å². The lowest BCUT2D eigenvalue weighted by Gasteiger charge is -2.39. The first-order valence-corrected chi connectivity index (χ1v) is 14.5. The number of hydrogen-bond donors (Lipinski definition) is 1. The van der Waals surface area contributed by atoms with E-state index in [4.69, 9.17) is 0 Å². The molecule has 212 valence electrons. The Kier molecular flexibility index (Phi) is 8.91. The summed E-state index contributed by atoms with van der Waals surface area (Å²) < 4.78 is 1.84. The summed E-state index contributed by atoms with van der Waals surface area (Å²) in [6.45, 7) is 4.50. The number of aromatic nitrogens is 2. The Labute approximate surface area is 243 Å². The van der Waals surface area contributed by atoms with E-state index in [1.807, 2.05) is 23.0 Å². The molecule has 1 spiro atoms. The summed E-state index contributed by atoms with van der Waals surface area (Å²) in [5.41, 5.74) is 3.46. The van der Waals surface area contributed by atoms with E-state index in [1.165, 1.54) is 18.4 Å². The van der Waals surface area contributed by atoms with Crippen molar-refractivity contribution in [1.82, 2.24) is 24.9 Å². The average Bonchev–Trinajstić information content (AvgIpc) is 3.48. The molecule has 2 saturated heterocycles. The monoisotopic (exact) mass is 561 g/mol. The Morgan fingerprint density at radius 2 is 1.77 bits per heavy atom. The van der Waals surface area contributed by atoms with Crippen molar-refractivity contribution in [2.75, 3.05) is 26.2 Å². The van der Waals surface area contributed by atoms with Crippen LogP contribution in [0.1, 0.15) is 62.1 Å². The molecule has 1 N–H and O–H groups in total. The number of carbonyl (C=O) groups is 2. The number of nitrogens with one attached hydrogen (secondary N) is 1. The molecule has 6 rings (SSSR count). The molecular weight excluding hydrogens is 522 g/mol. The second-order valence-electron chi connectivity index (χ2n) is 11.9. The van der Waals surface area contributed by atoms with Crippen molar-refractivity contribution in [2.45, 2.75) is 57.5 Å². The minimum atomic E-state index is 0. The van der Waals surface area contributed by atoms with Crippen molar-refractivity contribution in [2.24, 2.45) is 11.3 Å². The molecule has 1 aromatic heterocycles. The summed E-state index contributed by atoms with van der Waals surface area (Å²) in [6, 6.07) is 20.7. The van der Waals surface area contributed by atoms with E-state index in [0.29, 0.717) is 25.3 Å². The van der Waals surface area contributed by atoms with E-state index in [2.05, 4.69) is 68.7 Å². The first-order valence-electron chi connectivity index (χ1n) is 14.5. The van der Waals surface area contributed by atoms with Gasteiger partial charge in [-0.2, -0.15) is 5.10 Å². The van der Waals surface area contributed by atoms with Crippen molar-refractivity contribution in [3.8, 4) is 5.69 Å². The quantitative estimate of drug-likeness (QED) is 0.371. The topological polar surface area (TPSA) is 70.5 Å². The van der Waals surface area contributed by atoms with Gasteiger partial charge in [0.2, 0.25) is 11.8 Å². The van der Waals surface area contributed by atoms with Crippen LogP contribution in [0, 0.1) is 11.3 Å². The molecule has 0 bridgehead atoms. The Hall–Kier alpha value is -3.16. The van der Waals surface area contributed by atoms with Crippen molar-refractivity contribution in [3.63, 3.8) is 0 Å². The molecule has 0 radical (unpaired) electrons. The van der Waals surface area contributed by atoms with Gasteiger partial charge in [0.25, 0.3) is 0 Å². The third-order valence-corrected chi connectivity index (χ3v) is 8.84. The predicted octanol–water partition coefficient (Wildman–Crippen LogP) is 5.16. The van der Waals surface area contributed by atoms with Gasteiger partial charge in [-0.05, 0) is 85.9 Å². The molecular formula is C32H40ClN5O2. The summed E-state index contributed by atoms with van der Waals surface area (Å²) in [4.78, 5) is 30.2. The van der Waals surface area contributed by atoms with Gasteiger partial charge >= 0.3 is 0 Å². The molecule has 1 atom stereocenters. The lowest BCUT2D eigenvalue weighted by Crippen LogP contribution is -2.42. The highest BCUT2D eigenvalue weighted by Gasteiger charge is 2.44. The van der Waals surface area contributed by atoms with Crippen LogP contribution in [-0.2, 0) is 16.1 Å². The Morgan fingerprint density at radius 1 is 1.02 bits per heavy atom. The Morgan fingerprint density at radius 3 is 2.45 bits per heavy atom. The highest BCUT2D eigenvalue weighted by molar-refractivity contribution is 5.85.